The first-order chi connectivity index (χ1) is 13.0. The normalized spacial score (nSPS) is 12.0. The van der Waals surface area contributed by atoms with Crippen molar-refractivity contribution in [1.82, 2.24) is 4.98 Å². The van der Waals surface area contributed by atoms with E-state index in [1.165, 1.54) is 11.3 Å². The molecule has 0 aliphatic carbocycles. The Labute approximate surface area is 168 Å². The SMILES string of the molecule is CC(=O)N(c1cccc(C)c1)c1nc(C[NH2+][C@@H](C)c2ccccc2Cl)cs1. The molecule has 4 nitrogen and oxygen atoms in total. The Bertz CT molecular complexity index is 940. The predicted octanol–water partition coefficient (Wildman–Crippen LogP) is 4.61. The van der Waals surface area contributed by atoms with Gasteiger partial charge in [0.25, 0.3) is 0 Å². The molecule has 2 N–H and O–H groups in total. The quantitative estimate of drug-likeness (QED) is 0.656. The van der Waals surface area contributed by atoms with Gasteiger partial charge in [0.2, 0.25) is 5.91 Å². The topological polar surface area (TPSA) is 49.8 Å². The number of nitrogens with zero attached hydrogens (tertiary/aromatic N) is 2. The monoisotopic (exact) mass is 400 g/mol. The van der Waals surface area contributed by atoms with Crippen molar-refractivity contribution in [3.63, 3.8) is 0 Å². The van der Waals surface area contributed by atoms with Crippen molar-refractivity contribution in [2.45, 2.75) is 33.4 Å². The van der Waals surface area contributed by atoms with E-state index in [0.717, 1.165) is 34.1 Å². The van der Waals surface area contributed by atoms with Crippen molar-refractivity contribution in [3.05, 3.63) is 75.8 Å². The van der Waals surface area contributed by atoms with Gasteiger partial charge in [-0.25, -0.2) is 4.98 Å². The molecule has 1 aromatic heterocycles. The third-order valence-corrected chi connectivity index (χ3v) is 5.60. The summed E-state index contributed by atoms with van der Waals surface area (Å²) in [7, 11) is 0. The van der Waals surface area contributed by atoms with Gasteiger partial charge in [-0.2, -0.15) is 0 Å². The lowest BCUT2D eigenvalue weighted by Gasteiger charge is -2.18. The van der Waals surface area contributed by atoms with E-state index in [9.17, 15) is 4.79 Å². The lowest BCUT2D eigenvalue weighted by Crippen LogP contribution is -2.83. The second-order valence-electron chi connectivity index (χ2n) is 6.56. The second-order valence-corrected chi connectivity index (χ2v) is 7.81. The number of aryl methyl sites for hydroxylation is 1. The van der Waals surface area contributed by atoms with Crippen molar-refractivity contribution >= 4 is 39.7 Å². The van der Waals surface area contributed by atoms with Gasteiger partial charge >= 0.3 is 0 Å². The summed E-state index contributed by atoms with van der Waals surface area (Å²) in [5.74, 6) is -0.0464. The largest absolute Gasteiger partial charge is 0.335 e. The molecule has 0 aliphatic rings. The number of amides is 1. The van der Waals surface area contributed by atoms with E-state index >= 15 is 0 Å². The number of halogens is 1. The van der Waals surface area contributed by atoms with E-state index in [0.29, 0.717) is 5.13 Å². The lowest BCUT2D eigenvalue weighted by atomic mass is 10.1. The first-order valence-electron chi connectivity index (χ1n) is 8.85. The van der Waals surface area contributed by atoms with Crippen LogP contribution in [0.15, 0.2) is 53.9 Å². The zero-order chi connectivity index (χ0) is 19.4. The zero-order valence-electron chi connectivity index (χ0n) is 15.6. The molecule has 6 heteroatoms. The van der Waals surface area contributed by atoms with E-state index in [-0.39, 0.29) is 11.9 Å². The van der Waals surface area contributed by atoms with Crippen LogP contribution < -0.4 is 10.2 Å². The summed E-state index contributed by atoms with van der Waals surface area (Å²) in [6, 6.07) is 16.0. The fraction of sp³-hybridized carbons (Fsp3) is 0.238. The van der Waals surface area contributed by atoms with Crippen LogP contribution in [0.5, 0.6) is 0 Å². The summed E-state index contributed by atoms with van der Waals surface area (Å²) < 4.78 is 0. The molecule has 0 bridgehead atoms. The van der Waals surface area contributed by atoms with Gasteiger partial charge in [0.15, 0.2) is 5.13 Å². The molecular formula is C21H23ClN3OS+. The zero-order valence-corrected chi connectivity index (χ0v) is 17.2. The molecule has 1 amide bonds. The maximum atomic E-state index is 12.2. The van der Waals surface area contributed by atoms with Gasteiger partial charge in [0.1, 0.15) is 18.3 Å². The van der Waals surface area contributed by atoms with E-state index in [4.69, 9.17) is 11.6 Å². The standard InChI is InChI=1S/C21H22ClN3OS/c1-14-7-6-8-18(11-14)25(16(3)26)21-24-17(13-27-21)12-23-15(2)19-9-4-5-10-20(19)22/h4-11,13,15,23H,12H2,1-3H3/p+1/t15-/m0/s1. The molecule has 2 aromatic carbocycles. The average molecular weight is 401 g/mol. The summed E-state index contributed by atoms with van der Waals surface area (Å²) in [5, 5.41) is 5.69. The van der Waals surface area contributed by atoms with Crippen molar-refractivity contribution in [1.29, 1.82) is 0 Å². The Morgan fingerprint density at radius 1 is 1.26 bits per heavy atom. The van der Waals surface area contributed by atoms with E-state index in [2.05, 4.69) is 17.2 Å². The van der Waals surface area contributed by atoms with Crippen LogP contribution in [0.4, 0.5) is 10.8 Å². The molecule has 140 valence electrons. The average Bonchev–Trinajstić information content (AvgIpc) is 3.08. The maximum absolute atomic E-state index is 12.2. The minimum absolute atomic E-state index is 0.0464. The third-order valence-electron chi connectivity index (χ3n) is 4.38. The van der Waals surface area contributed by atoms with Gasteiger partial charge in [-0.05, 0) is 37.6 Å². The molecule has 0 saturated heterocycles. The number of benzene rings is 2. The molecule has 0 fully saturated rings. The Hall–Kier alpha value is -2.21. The Balaban J connectivity index is 1.73. The first kappa shape index (κ1) is 19.5. The summed E-state index contributed by atoms with van der Waals surface area (Å²) in [6.07, 6.45) is 0. The number of aromatic nitrogens is 1. The molecule has 0 saturated carbocycles. The molecule has 27 heavy (non-hydrogen) atoms. The van der Waals surface area contributed by atoms with Crippen LogP contribution >= 0.6 is 22.9 Å². The highest BCUT2D eigenvalue weighted by molar-refractivity contribution is 7.14. The summed E-state index contributed by atoms with van der Waals surface area (Å²) in [5.41, 5.74) is 4.02. The molecule has 0 spiro atoms. The van der Waals surface area contributed by atoms with Crippen molar-refractivity contribution < 1.29 is 10.1 Å². The number of anilines is 2. The smallest absolute Gasteiger partial charge is 0.230 e. The summed E-state index contributed by atoms with van der Waals surface area (Å²) in [4.78, 5) is 18.6. The van der Waals surface area contributed by atoms with E-state index in [1.807, 2.05) is 60.8 Å². The van der Waals surface area contributed by atoms with Crippen LogP contribution in [0.1, 0.15) is 36.7 Å². The summed E-state index contributed by atoms with van der Waals surface area (Å²) >= 11 is 7.77. The van der Waals surface area contributed by atoms with Gasteiger partial charge in [-0.3, -0.25) is 9.69 Å². The van der Waals surface area contributed by atoms with Gasteiger partial charge in [-0.15, -0.1) is 11.3 Å². The van der Waals surface area contributed by atoms with Gasteiger partial charge in [-0.1, -0.05) is 41.9 Å². The molecule has 1 heterocycles. The van der Waals surface area contributed by atoms with Crippen LogP contribution in [-0.4, -0.2) is 10.9 Å². The van der Waals surface area contributed by atoms with Crippen LogP contribution in [0.3, 0.4) is 0 Å². The van der Waals surface area contributed by atoms with Gasteiger partial charge in [0, 0.05) is 22.9 Å². The van der Waals surface area contributed by atoms with Gasteiger partial charge < -0.3 is 5.32 Å². The molecular weight excluding hydrogens is 378 g/mol. The highest BCUT2D eigenvalue weighted by atomic mass is 35.5. The molecule has 3 aromatic rings. The lowest BCUT2D eigenvalue weighted by molar-refractivity contribution is -0.708. The van der Waals surface area contributed by atoms with Crippen molar-refractivity contribution in [2.75, 3.05) is 4.90 Å². The fourth-order valence-corrected chi connectivity index (χ4v) is 4.16. The molecule has 0 radical (unpaired) electrons. The number of hydrogen-bond donors (Lipinski definition) is 1. The number of carbonyl (C=O) groups is 1. The number of rotatable bonds is 6. The van der Waals surface area contributed by atoms with Crippen molar-refractivity contribution in [3.8, 4) is 0 Å². The van der Waals surface area contributed by atoms with E-state index in [1.54, 1.807) is 11.8 Å². The Kier molecular flexibility index (Phi) is 6.26. The molecule has 1 atom stereocenters. The van der Waals surface area contributed by atoms with Crippen LogP contribution in [0.25, 0.3) is 0 Å². The minimum atomic E-state index is -0.0464. The molecule has 3 rings (SSSR count). The third kappa shape index (κ3) is 4.75. The number of hydrogen-bond acceptors (Lipinski definition) is 3. The van der Waals surface area contributed by atoms with E-state index < -0.39 is 0 Å². The highest BCUT2D eigenvalue weighted by Gasteiger charge is 2.19. The maximum Gasteiger partial charge on any atom is 0.230 e. The second kappa shape index (κ2) is 8.65. The van der Waals surface area contributed by atoms with Crippen LogP contribution in [0.2, 0.25) is 5.02 Å². The Morgan fingerprint density at radius 2 is 2.04 bits per heavy atom. The number of thiazole rings is 1. The predicted molar refractivity (Wildman–Crippen MR) is 112 cm³/mol. The van der Waals surface area contributed by atoms with Gasteiger partial charge in [0.05, 0.1) is 5.69 Å². The highest BCUT2D eigenvalue weighted by Crippen LogP contribution is 2.29. The fourth-order valence-electron chi connectivity index (χ4n) is 2.96. The Morgan fingerprint density at radius 3 is 2.74 bits per heavy atom. The van der Waals surface area contributed by atoms with Crippen LogP contribution in [0, 0.1) is 6.92 Å². The molecule has 0 unspecified atom stereocenters. The van der Waals surface area contributed by atoms with Crippen molar-refractivity contribution in [2.24, 2.45) is 0 Å². The molecule has 0 aliphatic heterocycles. The summed E-state index contributed by atoms with van der Waals surface area (Å²) in [6.45, 7) is 6.43. The number of quaternary nitrogens is 1. The minimum Gasteiger partial charge on any atom is -0.335 e. The number of carbonyl (C=O) groups excluding carboxylic acids is 1. The van der Waals surface area contributed by atoms with Crippen LogP contribution in [-0.2, 0) is 11.3 Å². The number of nitrogens with two attached hydrogens (primary N) is 1. The first-order valence-corrected chi connectivity index (χ1v) is 10.1.